The van der Waals surface area contributed by atoms with Gasteiger partial charge in [-0.15, -0.1) is 11.3 Å². The summed E-state index contributed by atoms with van der Waals surface area (Å²) in [5.41, 5.74) is 2.21. The molecule has 182 valence electrons. The molecular weight excluding hydrogens is 460 g/mol. The first kappa shape index (κ1) is 24.5. The fourth-order valence-electron chi connectivity index (χ4n) is 3.92. The Labute approximate surface area is 209 Å². The van der Waals surface area contributed by atoms with Crippen LogP contribution in [0.3, 0.4) is 0 Å². The number of thiophene rings is 1. The maximum absolute atomic E-state index is 13.8. The predicted molar refractivity (Wildman–Crippen MR) is 139 cm³/mol. The van der Waals surface area contributed by atoms with E-state index in [0.29, 0.717) is 10.6 Å². The number of para-hydroxylation sites is 2. The second-order valence-corrected chi connectivity index (χ2v) is 10.5. The van der Waals surface area contributed by atoms with Crippen LogP contribution in [0.5, 0.6) is 5.75 Å². The largest absolute Gasteiger partial charge is 0.496 e. The van der Waals surface area contributed by atoms with Crippen molar-refractivity contribution in [3.8, 4) is 11.4 Å². The molecule has 0 aliphatic heterocycles. The van der Waals surface area contributed by atoms with Gasteiger partial charge < -0.3 is 15.0 Å². The Morgan fingerprint density at radius 1 is 1.09 bits per heavy atom. The first-order valence-electron chi connectivity index (χ1n) is 11.4. The van der Waals surface area contributed by atoms with Gasteiger partial charge in [-0.3, -0.25) is 9.59 Å². The lowest BCUT2D eigenvalue weighted by molar-refractivity contribution is -0.123. The van der Waals surface area contributed by atoms with Gasteiger partial charge in [-0.2, -0.15) is 5.10 Å². The summed E-state index contributed by atoms with van der Waals surface area (Å²) < 4.78 is 7.35. The van der Waals surface area contributed by atoms with Crippen molar-refractivity contribution >= 4 is 33.4 Å². The summed E-state index contributed by atoms with van der Waals surface area (Å²) in [6.07, 6.45) is 0. The van der Waals surface area contributed by atoms with Crippen LogP contribution in [0.1, 0.15) is 41.7 Å². The Morgan fingerprint density at radius 3 is 2.46 bits per heavy atom. The molecule has 0 bridgehead atoms. The number of ether oxygens (including phenoxy) is 1. The molecular formula is C27H30N4O3S. The predicted octanol–water partition coefficient (Wildman–Crippen LogP) is 4.96. The summed E-state index contributed by atoms with van der Waals surface area (Å²) in [5.74, 6) is 0.252. The van der Waals surface area contributed by atoms with Gasteiger partial charge in [-0.05, 0) is 52.0 Å². The number of carbonyl (C=O) groups excluding carboxylic acids is 2. The fourth-order valence-corrected chi connectivity index (χ4v) is 5.07. The van der Waals surface area contributed by atoms with E-state index in [-0.39, 0.29) is 24.9 Å². The molecule has 0 radical (unpaired) electrons. The highest BCUT2D eigenvalue weighted by atomic mass is 32.1. The second-order valence-electron chi connectivity index (χ2n) is 9.43. The smallest absolute Gasteiger partial charge is 0.264 e. The highest BCUT2D eigenvalue weighted by Gasteiger charge is 2.25. The number of benzene rings is 2. The number of methoxy groups -OCH3 is 1. The first-order chi connectivity index (χ1) is 16.7. The zero-order valence-corrected chi connectivity index (χ0v) is 21.5. The number of aryl methyl sites for hydroxylation is 1. The van der Waals surface area contributed by atoms with E-state index in [2.05, 4.69) is 10.4 Å². The van der Waals surface area contributed by atoms with Crippen molar-refractivity contribution < 1.29 is 14.3 Å². The number of aromatic nitrogens is 2. The van der Waals surface area contributed by atoms with Gasteiger partial charge in [0, 0.05) is 16.5 Å². The van der Waals surface area contributed by atoms with Crippen LogP contribution in [-0.4, -0.2) is 45.7 Å². The van der Waals surface area contributed by atoms with Gasteiger partial charge in [0.25, 0.3) is 5.91 Å². The zero-order valence-electron chi connectivity index (χ0n) is 20.7. The molecule has 2 aromatic carbocycles. The van der Waals surface area contributed by atoms with Crippen LogP contribution in [0.25, 0.3) is 15.9 Å². The fraction of sp³-hybridized carbons (Fsp3) is 0.296. The summed E-state index contributed by atoms with van der Waals surface area (Å²) in [7, 11) is 1.60. The molecule has 8 heteroatoms. The van der Waals surface area contributed by atoms with E-state index in [9.17, 15) is 9.59 Å². The maximum Gasteiger partial charge on any atom is 0.264 e. The highest BCUT2D eigenvalue weighted by molar-refractivity contribution is 7.20. The molecule has 0 aliphatic carbocycles. The monoisotopic (exact) mass is 490 g/mol. The van der Waals surface area contributed by atoms with Gasteiger partial charge in [-0.25, -0.2) is 4.68 Å². The Morgan fingerprint density at radius 2 is 1.77 bits per heavy atom. The van der Waals surface area contributed by atoms with Gasteiger partial charge in [-0.1, -0.05) is 36.4 Å². The van der Waals surface area contributed by atoms with Crippen LogP contribution in [0.2, 0.25) is 0 Å². The lowest BCUT2D eigenvalue weighted by Gasteiger charge is -2.26. The average Bonchev–Trinajstić information content (AvgIpc) is 3.38. The molecule has 1 N–H and O–H groups in total. The van der Waals surface area contributed by atoms with Crippen molar-refractivity contribution in [3.63, 3.8) is 0 Å². The van der Waals surface area contributed by atoms with Crippen LogP contribution < -0.4 is 10.1 Å². The molecule has 35 heavy (non-hydrogen) atoms. The third-order valence-corrected chi connectivity index (χ3v) is 6.54. The van der Waals surface area contributed by atoms with Gasteiger partial charge in [0.15, 0.2) is 0 Å². The number of nitrogens with one attached hydrogen (secondary N) is 1. The quantitative estimate of drug-likeness (QED) is 0.397. The Bertz CT molecular complexity index is 1350. The normalized spacial score (nSPS) is 11.5. The molecule has 2 aromatic heterocycles. The number of nitrogens with zero attached hydrogens (tertiary/aromatic N) is 3. The topological polar surface area (TPSA) is 76.5 Å². The van der Waals surface area contributed by atoms with Crippen LogP contribution in [-0.2, 0) is 11.3 Å². The standard InChI is InChI=1S/C27H30N4O3S/c1-18-21-15-23(35-26(21)31(29-18)20-12-7-6-8-13-20)25(33)30(17-24(32)28-27(2,3)4)16-19-11-9-10-14-22(19)34-5/h6-15H,16-17H2,1-5H3,(H,28,32). The molecule has 4 aromatic rings. The second kappa shape index (κ2) is 9.92. The molecule has 7 nitrogen and oxygen atoms in total. The van der Waals surface area contributed by atoms with E-state index >= 15 is 0 Å². The number of rotatable bonds is 7. The van der Waals surface area contributed by atoms with Crippen LogP contribution in [0.4, 0.5) is 0 Å². The molecule has 4 rings (SSSR count). The minimum Gasteiger partial charge on any atom is -0.496 e. The van der Waals surface area contributed by atoms with Crippen molar-refractivity contribution in [3.05, 3.63) is 76.8 Å². The van der Waals surface area contributed by atoms with Gasteiger partial charge in [0.05, 0.1) is 29.9 Å². The highest BCUT2D eigenvalue weighted by Crippen LogP contribution is 2.31. The lowest BCUT2D eigenvalue weighted by atomic mass is 10.1. The number of fused-ring (bicyclic) bond motifs is 1. The Kier molecular flexibility index (Phi) is 6.93. The van der Waals surface area contributed by atoms with Crippen LogP contribution in [0, 0.1) is 6.92 Å². The minimum atomic E-state index is -0.399. The van der Waals surface area contributed by atoms with E-state index in [0.717, 1.165) is 27.2 Å². The van der Waals surface area contributed by atoms with E-state index < -0.39 is 5.54 Å². The average molecular weight is 491 g/mol. The van der Waals surface area contributed by atoms with Crippen molar-refractivity contribution in [2.45, 2.75) is 39.8 Å². The van der Waals surface area contributed by atoms with Gasteiger partial charge in [0.1, 0.15) is 17.1 Å². The Balaban J connectivity index is 1.69. The molecule has 2 amide bonds. The minimum absolute atomic E-state index is 0.0633. The first-order valence-corrected chi connectivity index (χ1v) is 12.2. The molecule has 0 saturated carbocycles. The molecule has 0 fully saturated rings. The lowest BCUT2D eigenvalue weighted by Crippen LogP contribution is -2.47. The molecule has 0 spiro atoms. The van der Waals surface area contributed by atoms with Crippen molar-refractivity contribution in [1.82, 2.24) is 20.0 Å². The molecule has 0 atom stereocenters. The molecule has 0 unspecified atom stereocenters. The third-order valence-electron chi connectivity index (χ3n) is 5.45. The van der Waals surface area contributed by atoms with Crippen molar-refractivity contribution in [2.24, 2.45) is 0 Å². The van der Waals surface area contributed by atoms with Gasteiger partial charge >= 0.3 is 0 Å². The van der Waals surface area contributed by atoms with Crippen LogP contribution >= 0.6 is 11.3 Å². The number of amides is 2. The van der Waals surface area contributed by atoms with Gasteiger partial charge in [0.2, 0.25) is 5.91 Å². The summed E-state index contributed by atoms with van der Waals surface area (Å²) in [4.78, 5) is 29.6. The van der Waals surface area contributed by atoms with E-state index in [1.165, 1.54) is 11.3 Å². The van der Waals surface area contributed by atoms with E-state index in [4.69, 9.17) is 4.74 Å². The summed E-state index contributed by atoms with van der Waals surface area (Å²) in [6.45, 7) is 7.88. The number of hydrogen-bond acceptors (Lipinski definition) is 5. The number of hydrogen-bond donors (Lipinski definition) is 1. The van der Waals surface area contributed by atoms with Crippen molar-refractivity contribution in [2.75, 3.05) is 13.7 Å². The zero-order chi connectivity index (χ0) is 25.2. The third kappa shape index (κ3) is 5.54. The summed E-state index contributed by atoms with van der Waals surface area (Å²) in [5, 5.41) is 8.55. The molecule has 0 aliphatic rings. The summed E-state index contributed by atoms with van der Waals surface area (Å²) in [6, 6.07) is 19.3. The SMILES string of the molecule is COc1ccccc1CN(CC(=O)NC(C)(C)C)C(=O)c1cc2c(C)nn(-c3ccccc3)c2s1. The number of carbonyl (C=O) groups is 2. The molecule has 0 saturated heterocycles. The molecule has 2 heterocycles. The summed E-state index contributed by atoms with van der Waals surface area (Å²) >= 11 is 1.38. The maximum atomic E-state index is 13.8. The van der Waals surface area contributed by atoms with Crippen molar-refractivity contribution in [1.29, 1.82) is 0 Å². The van der Waals surface area contributed by atoms with Crippen LogP contribution in [0.15, 0.2) is 60.7 Å². The Hall–Kier alpha value is -3.65. The van der Waals surface area contributed by atoms with E-state index in [1.807, 2.05) is 93.0 Å². The van der Waals surface area contributed by atoms with E-state index in [1.54, 1.807) is 12.0 Å².